The third kappa shape index (κ3) is 13.9. The van der Waals surface area contributed by atoms with Gasteiger partial charge in [0.05, 0.1) is 13.2 Å². The van der Waals surface area contributed by atoms with Crippen LogP contribution in [-0.2, 0) is 40.7 Å². The van der Waals surface area contributed by atoms with E-state index in [1.165, 1.54) is 76.0 Å². The van der Waals surface area contributed by atoms with Gasteiger partial charge >= 0.3 is 18.1 Å². The highest BCUT2D eigenvalue weighted by molar-refractivity contribution is 5.83. The van der Waals surface area contributed by atoms with E-state index in [0.717, 1.165) is 44.1 Å². The normalized spacial score (nSPS) is 13.6. The van der Waals surface area contributed by atoms with Crippen LogP contribution in [0.25, 0.3) is 0 Å². The maximum absolute atomic E-state index is 14.4. The minimum Gasteiger partial charge on any atom is -0.462 e. The van der Waals surface area contributed by atoms with E-state index >= 15 is 0 Å². The van der Waals surface area contributed by atoms with Crippen LogP contribution >= 0.6 is 0 Å². The molecule has 0 aliphatic rings. The Bertz CT molecular complexity index is 1060. The Hall–Kier alpha value is -2.91. The summed E-state index contributed by atoms with van der Waals surface area (Å²) in [5, 5.41) is 0. The Morgan fingerprint density at radius 2 is 1.22 bits per heavy atom. The first kappa shape index (κ1) is 38.3. The van der Waals surface area contributed by atoms with Crippen LogP contribution in [0.4, 0.5) is 13.2 Å². The fraction of sp³-hybridized carbons (Fsp3) is 0.611. The second-order valence-electron chi connectivity index (χ2n) is 11.5. The number of carbonyl (C=O) groups excluding carboxylic acids is 2. The lowest BCUT2D eigenvalue weighted by Gasteiger charge is -2.33. The van der Waals surface area contributed by atoms with Crippen molar-refractivity contribution in [3.63, 3.8) is 0 Å². The molecule has 0 spiro atoms. The largest absolute Gasteiger partial charge is 0.462 e. The van der Waals surface area contributed by atoms with Crippen molar-refractivity contribution in [3.8, 4) is 0 Å². The van der Waals surface area contributed by atoms with Crippen molar-refractivity contribution < 1.29 is 41.7 Å². The SMILES string of the molecule is CCCCCCCCCCCCCCCC(=O)OC[C@H](COCc1ccccc1)OC(=O)[C@](OC)(c1ccccc1)C(F)(F)F. The quantitative estimate of drug-likeness (QED) is 0.0845. The minimum atomic E-state index is -5.12. The van der Waals surface area contributed by atoms with E-state index in [-0.39, 0.29) is 19.6 Å². The van der Waals surface area contributed by atoms with Gasteiger partial charge in [0.25, 0.3) is 5.60 Å². The first-order valence-corrected chi connectivity index (χ1v) is 16.4. The lowest BCUT2D eigenvalue weighted by atomic mass is 9.92. The number of alkyl halides is 3. The molecule has 252 valence electrons. The molecule has 0 unspecified atom stereocenters. The summed E-state index contributed by atoms with van der Waals surface area (Å²) in [7, 11) is 0.804. The molecule has 0 amide bonds. The van der Waals surface area contributed by atoms with Crippen LogP contribution in [0.15, 0.2) is 60.7 Å². The lowest BCUT2D eigenvalue weighted by molar-refractivity contribution is -0.279. The zero-order chi connectivity index (χ0) is 32.8. The fourth-order valence-corrected chi connectivity index (χ4v) is 5.17. The number of ether oxygens (including phenoxy) is 4. The van der Waals surface area contributed by atoms with Gasteiger partial charge < -0.3 is 18.9 Å². The number of carbonyl (C=O) groups is 2. The molecule has 0 saturated carbocycles. The van der Waals surface area contributed by atoms with E-state index in [2.05, 4.69) is 6.92 Å². The van der Waals surface area contributed by atoms with E-state index in [1.807, 2.05) is 30.3 Å². The molecule has 9 heteroatoms. The maximum atomic E-state index is 14.4. The van der Waals surface area contributed by atoms with E-state index < -0.39 is 42.0 Å². The number of benzene rings is 2. The number of hydrogen-bond donors (Lipinski definition) is 0. The molecular formula is C36H51F3O6. The van der Waals surface area contributed by atoms with Gasteiger partial charge in [0.2, 0.25) is 0 Å². The van der Waals surface area contributed by atoms with Crippen LogP contribution in [0.5, 0.6) is 0 Å². The fourth-order valence-electron chi connectivity index (χ4n) is 5.17. The molecule has 45 heavy (non-hydrogen) atoms. The van der Waals surface area contributed by atoms with Crippen LogP contribution in [0.3, 0.4) is 0 Å². The Balaban J connectivity index is 1.84. The molecule has 0 aromatic heterocycles. The highest BCUT2D eigenvalue weighted by Crippen LogP contribution is 2.43. The third-order valence-corrected chi connectivity index (χ3v) is 7.78. The van der Waals surface area contributed by atoms with Gasteiger partial charge in [-0.15, -0.1) is 0 Å². The van der Waals surface area contributed by atoms with E-state index in [9.17, 15) is 22.8 Å². The van der Waals surface area contributed by atoms with Crippen LogP contribution in [0.1, 0.15) is 108 Å². The van der Waals surface area contributed by atoms with E-state index in [4.69, 9.17) is 18.9 Å². The highest BCUT2D eigenvalue weighted by atomic mass is 19.4. The molecule has 6 nitrogen and oxygen atoms in total. The number of esters is 2. The number of unbranched alkanes of at least 4 members (excludes halogenated alkanes) is 12. The van der Waals surface area contributed by atoms with Gasteiger partial charge in [-0.1, -0.05) is 145 Å². The van der Waals surface area contributed by atoms with Gasteiger partial charge in [0.1, 0.15) is 6.61 Å². The predicted octanol–water partition coefficient (Wildman–Crippen LogP) is 9.24. The molecule has 0 heterocycles. The third-order valence-electron chi connectivity index (χ3n) is 7.78. The van der Waals surface area contributed by atoms with Crippen LogP contribution in [0, 0.1) is 0 Å². The summed E-state index contributed by atoms with van der Waals surface area (Å²) in [5.74, 6) is -2.16. The van der Waals surface area contributed by atoms with Gasteiger partial charge in [0.15, 0.2) is 6.10 Å². The van der Waals surface area contributed by atoms with Crippen molar-refractivity contribution >= 4 is 11.9 Å². The monoisotopic (exact) mass is 636 g/mol. The standard InChI is InChI=1S/C36H51F3O6/c1-3-4-5-6-7-8-9-10-11-12-13-14-21-26-33(40)44-29-32(28-43-27-30-22-17-15-18-23-30)45-34(41)35(42-2,36(37,38)39)31-24-19-16-20-25-31/h15-20,22-25,32H,3-14,21,26-29H2,1-2H3/t32-,35+/m0/s1. The topological polar surface area (TPSA) is 71.1 Å². The summed E-state index contributed by atoms with van der Waals surface area (Å²) in [6, 6.07) is 15.7. The van der Waals surface area contributed by atoms with Crippen molar-refractivity contribution in [2.24, 2.45) is 0 Å². The summed E-state index contributed by atoms with van der Waals surface area (Å²) >= 11 is 0. The summed E-state index contributed by atoms with van der Waals surface area (Å²) in [6.07, 6.45) is 9.10. The second-order valence-corrected chi connectivity index (χ2v) is 11.5. The average Bonchev–Trinajstić information content (AvgIpc) is 3.03. The number of hydrogen-bond acceptors (Lipinski definition) is 6. The Morgan fingerprint density at radius 3 is 1.73 bits per heavy atom. The van der Waals surface area contributed by atoms with Crippen molar-refractivity contribution in [2.75, 3.05) is 20.3 Å². The summed E-state index contributed by atoms with van der Waals surface area (Å²) in [6.45, 7) is 1.64. The minimum absolute atomic E-state index is 0.134. The first-order valence-electron chi connectivity index (χ1n) is 16.4. The Labute approximate surface area is 267 Å². The first-order chi connectivity index (χ1) is 21.7. The summed E-state index contributed by atoms with van der Waals surface area (Å²) in [5.41, 5.74) is -2.95. The van der Waals surface area contributed by atoms with Crippen LogP contribution in [-0.4, -0.2) is 44.5 Å². The molecule has 0 fully saturated rings. The summed E-state index contributed by atoms with van der Waals surface area (Å²) in [4.78, 5) is 25.6. The van der Waals surface area contributed by atoms with Crippen molar-refractivity contribution in [2.45, 2.75) is 121 Å². The Morgan fingerprint density at radius 1 is 0.711 bits per heavy atom. The zero-order valence-electron chi connectivity index (χ0n) is 27.0. The van der Waals surface area contributed by atoms with Gasteiger partial charge in [-0.25, -0.2) is 4.79 Å². The number of methoxy groups -OCH3 is 1. The highest BCUT2D eigenvalue weighted by Gasteiger charge is 2.64. The molecule has 2 aromatic rings. The smallest absolute Gasteiger partial charge is 0.432 e. The summed E-state index contributed by atoms with van der Waals surface area (Å²) < 4.78 is 64.2. The molecule has 0 N–H and O–H groups in total. The molecule has 0 bridgehead atoms. The second kappa shape index (κ2) is 21.8. The van der Waals surface area contributed by atoms with E-state index in [1.54, 1.807) is 0 Å². The molecule has 2 rings (SSSR count). The van der Waals surface area contributed by atoms with Crippen molar-refractivity contribution in [1.82, 2.24) is 0 Å². The molecule has 2 aromatic carbocycles. The number of rotatable bonds is 24. The Kier molecular flexibility index (Phi) is 18.5. The molecule has 0 aliphatic heterocycles. The van der Waals surface area contributed by atoms with Crippen molar-refractivity contribution in [3.05, 3.63) is 71.8 Å². The lowest BCUT2D eigenvalue weighted by Crippen LogP contribution is -2.53. The van der Waals surface area contributed by atoms with Gasteiger partial charge in [-0.05, 0) is 12.0 Å². The predicted molar refractivity (Wildman–Crippen MR) is 168 cm³/mol. The molecule has 0 aliphatic carbocycles. The average molecular weight is 637 g/mol. The van der Waals surface area contributed by atoms with Crippen molar-refractivity contribution in [1.29, 1.82) is 0 Å². The van der Waals surface area contributed by atoms with Gasteiger partial charge in [-0.2, -0.15) is 13.2 Å². The van der Waals surface area contributed by atoms with Gasteiger partial charge in [0, 0.05) is 19.1 Å². The molecule has 0 radical (unpaired) electrons. The number of halogens is 3. The van der Waals surface area contributed by atoms with Gasteiger partial charge in [-0.3, -0.25) is 4.79 Å². The molecule has 0 saturated heterocycles. The van der Waals surface area contributed by atoms with E-state index in [0.29, 0.717) is 6.42 Å². The van der Waals surface area contributed by atoms with Crippen LogP contribution in [0.2, 0.25) is 0 Å². The maximum Gasteiger partial charge on any atom is 0.432 e. The molecular weight excluding hydrogens is 585 g/mol. The molecule has 2 atom stereocenters. The zero-order valence-corrected chi connectivity index (χ0v) is 27.0. The van der Waals surface area contributed by atoms with Crippen LogP contribution < -0.4 is 0 Å².